The van der Waals surface area contributed by atoms with Crippen LogP contribution in [0.2, 0.25) is 0 Å². The Hall–Kier alpha value is -1.88. The summed E-state index contributed by atoms with van der Waals surface area (Å²) >= 11 is 5.48. The zero-order chi connectivity index (χ0) is 14.1. The molecule has 3 heterocycles. The minimum absolute atomic E-state index is 0.103. The van der Waals surface area contributed by atoms with Gasteiger partial charge in [0.15, 0.2) is 5.11 Å². The Morgan fingerprint density at radius 3 is 2.80 bits per heavy atom. The molecular formula is C15H18N4S. The van der Waals surface area contributed by atoms with Crippen LogP contribution in [-0.4, -0.2) is 26.1 Å². The molecule has 1 aliphatic rings. The number of likely N-dealkylation sites (N-methyl/N-ethyl adjacent to an activating group) is 1. The maximum atomic E-state index is 5.48. The van der Waals surface area contributed by atoms with Gasteiger partial charge in [-0.25, -0.2) is 0 Å². The molecule has 3 rings (SSSR count). The molecule has 2 aromatic heterocycles. The van der Waals surface area contributed by atoms with Crippen molar-refractivity contribution in [1.82, 2.24) is 19.8 Å². The first-order valence-corrected chi connectivity index (χ1v) is 7.21. The van der Waals surface area contributed by atoms with Crippen LogP contribution >= 0.6 is 12.2 Å². The number of aryl methyl sites for hydroxylation is 1. The average Bonchev–Trinajstić information content (AvgIpc) is 3.03. The molecule has 2 aromatic rings. The van der Waals surface area contributed by atoms with Crippen molar-refractivity contribution in [2.75, 3.05) is 6.54 Å². The van der Waals surface area contributed by atoms with Crippen molar-refractivity contribution in [3.05, 3.63) is 54.1 Å². The summed E-state index contributed by atoms with van der Waals surface area (Å²) in [5.74, 6) is 0. The van der Waals surface area contributed by atoms with Gasteiger partial charge in [-0.1, -0.05) is 6.07 Å². The molecule has 0 saturated carbocycles. The highest BCUT2D eigenvalue weighted by molar-refractivity contribution is 7.80. The van der Waals surface area contributed by atoms with Crippen LogP contribution < -0.4 is 5.32 Å². The Morgan fingerprint density at radius 1 is 1.35 bits per heavy atom. The topological polar surface area (TPSA) is 33.1 Å². The van der Waals surface area contributed by atoms with E-state index in [1.807, 2.05) is 25.4 Å². The number of nitrogens with one attached hydrogen (secondary N) is 1. The van der Waals surface area contributed by atoms with Gasteiger partial charge in [-0.15, -0.1) is 0 Å². The molecule has 20 heavy (non-hydrogen) atoms. The third-order valence-corrected chi connectivity index (χ3v) is 4.09. The van der Waals surface area contributed by atoms with Gasteiger partial charge in [0, 0.05) is 32.2 Å². The smallest absolute Gasteiger partial charge is 0.170 e. The van der Waals surface area contributed by atoms with Crippen LogP contribution in [0.25, 0.3) is 0 Å². The second kappa shape index (κ2) is 5.25. The van der Waals surface area contributed by atoms with Crippen LogP contribution in [0.15, 0.2) is 42.9 Å². The molecule has 1 N–H and O–H groups in total. The summed E-state index contributed by atoms with van der Waals surface area (Å²) in [5.41, 5.74) is 2.29. The van der Waals surface area contributed by atoms with E-state index >= 15 is 0 Å². The maximum absolute atomic E-state index is 5.48. The van der Waals surface area contributed by atoms with Gasteiger partial charge in [0.05, 0.1) is 17.8 Å². The molecule has 0 unspecified atom stereocenters. The van der Waals surface area contributed by atoms with E-state index in [1.165, 1.54) is 5.56 Å². The minimum Gasteiger partial charge on any atom is -0.357 e. The molecule has 0 aliphatic carbocycles. The van der Waals surface area contributed by atoms with Crippen molar-refractivity contribution in [3.63, 3.8) is 0 Å². The lowest BCUT2D eigenvalue weighted by atomic mass is 9.99. The van der Waals surface area contributed by atoms with Gasteiger partial charge in [0.25, 0.3) is 0 Å². The van der Waals surface area contributed by atoms with Gasteiger partial charge in [0.2, 0.25) is 0 Å². The Morgan fingerprint density at radius 2 is 2.20 bits per heavy atom. The zero-order valence-electron chi connectivity index (χ0n) is 11.7. The van der Waals surface area contributed by atoms with Gasteiger partial charge >= 0.3 is 0 Å². The molecule has 0 aromatic carbocycles. The molecule has 104 valence electrons. The molecule has 0 spiro atoms. The molecule has 0 radical (unpaired) electrons. The van der Waals surface area contributed by atoms with E-state index in [9.17, 15) is 0 Å². The Bertz CT molecular complexity index is 607. The van der Waals surface area contributed by atoms with E-state index in [2.05, 4.69) is 51.2 Å². The summed E-state index contributed by atoms with van der Waals surface area (Å²) in [6, 6.07) is 8.46. The molecular weight excluding hydrogens is 268 g/mol. The van der Waals surface area contributed by atoms with Crippen LogP contribution in [0.1, 0.15) is 30.3 Å². The number of thiocarbonyl (C=S) groups is 1. The number of hydrogen-bond acceptors (Lipinski definition) is 2. The second-order valence-electron chi connectivity index (χ2n) is 5.02. The zero-order valence-corrected chi connectivity index (χ0v) is 12.5. The number of nitrogens with zero attached hydrogens (tertiary/aromatic N) is 3. The highest BCUT2D eigenvalue weighted by Gasteiger charge is 2.39. The van der Waals surface area contributed by atoms with Crippen LogP contribution in [0.4, 0.5) is 0 Å². The van der Waals surface area contributed by atoms with Gasteiger partial charge in [0.1, 0.15) is 0 Å². The number of hydrogen-bond donors (Lipinski definition) is 1. The lowest BCUT2D eigenvalue weighted by Crippen LogP contribution is -2.29. The van der Waals surface area contributed by atoms with Crippen molar-refractivity contribution in [1.29, 1.82) is 0 Å². The van der Waals surface area contributed by atoms with Gasteiger partial charge in [-0.3, -0.25) is 4.98 Å². The fraction of sp³-hybridized carbons (Fsp3) is 0.333. The van der Waals surface area contributed by atoms with Crippen molar-refractivity contribution in [2.45, 2.75) is 19.0 Å². The van der Waals surface area contributed by atoms with Crippen LogP contribution in [0.3, 0.4) is 0 Å². The summed E-state index contributed by atoms with van der Waals surface area (Å²) in [5, 5.41) is 4.22. The lowest BCUT2D eigenvalue weighted by Gasteiger charge is -2.25. The van der Waals surface area contributed by atoms with E-state index in [-0.39, 0.29) is 12.1 Å². The van der Waals surface area contributed by atoms with Crippen molar-refractivity contribution in [2.24, 2.45) is 7.05 Å². The first-order valence-electron chi connectivity index (χ1n) is 6.80. The average molecular weight is 286 g/mol. The number of rotatable bonds is 3. The molecule has 4 nitrogen and oxygen atoms in total. The van der Waals surface area contributed by atoms with Gasteiger partial charge in [-0.05, 0) is 42.9 Å². The minimum atomic E-state index is 0.103. The van der Waals surface area contributed by atoms with Crippen LogP contribution in [-0.2, 0) is 7.05 Å². The lowest BCUT2D eigenvalue weighted by molar-refractivity contribution is 0.330. The Balaban J connectivity index is 2.02. The summed E-state index contributed by atoms with van der Waals surface area (Å²) in [6.45, 7) is 3.01. The molecule has 0 amide bonds. The first kappa shape index (κ1) is 13.1. The predicted molar refractivity (Wildman–Crippen MR) is 83.2 cm³/mol. The van der Waals surface area contributed by atoms with E-state index < -0.39 is 0 Å². The number of pyridine rings is 1. The van der Waals surface area contributed by atoms with Crippen molar-refractivity contribution < 1.29 is 0 Å². The summed E-state index contributed by atoms with van der Waals surface area (Å²) in [7, 11) is 2.04. The molecule has 1 saturated heterocycles. The largest absolute Gasteiger partial charge is 0.357 e. The fourth-order valence-corrected chi connectivity index (χ4v) is 3.18. The molecule has 0 bridgehead atoms. The summed E-state index contributed by atoms with van der Waals surface area (Å²) < 4.78 is 2.07. The third-order valence-electron chi connectivity index (χ3n) is 3.73. The van der Waals surface area contributed by atoms with E-state index in [4.69, 9.17) is 12.2 Å². The van der Waals surface area contributed by atoms with Gasteiger partial charge < -0.3 is 14.8 Å². The number of aromatic nitrogens is 2. The monoisotopic (exact) mass is 286 g/mol. The molecule has 1 aliphatic heterocycles. The van der Waals surface area contributed by atoms with Crippen molar-refractivity contribution in [3.8, 4) is 0 Å². The molecule has 2 atom stereocenters. The standard InChI is InChI=1S/C15H18N4S/c1-3-19-14(11-7-9-18(2)10-11)13(17-15(19)20)12-6-4-5-8-16-12/h4-10,13-14H,3H2,1-2H3,(H,17,20)/t13-,14+/m1/s1. The normalized spacial score (nSPS) is 22.1. The Labute approximate surface area is 124 Å². The predicted octanol–water partition coefficient (Wildman–Crippen LogP) is 2.41. The summed E-state index contributed by atoms with van der Waals surface area (Å²) in [6.07, 6.45) is 6.05. The third kappa shape index (κ3) is 2.18. The van der Waals surface area contributed by atoms with E-state index in [0.717, 1.165) is 17.4 Å². The van der Waals surface area contributed by atoms with E-state index in [0.29, 0.717) is 0 Å². The quantitative estimate of drug-likeness (QED) is 0.879. The fourth-order valence-electron chi connectivity index (χ4n) is 2.81. The maximum Gasteiger partial charge on any atom is 0.170 e. The highest BCUT2D eigenvalue weighted by atomic mass is 32.1. The molecule has 5 heteroatoms. The van der Waals surface area contributed by atoms with E-state index in [1.54, 1.807) is 0 Å². The molecule has 1 fully saturated rings. The second-order valence-corrected chi connectivity index (χ2v) is 5.41. The highest BCUT2D eigenvalue weighted by Crippen LogP contribution is 2.38. The van der Waals surface area contributed by atoms with Crippen LogP contribution in [0, 0.1) is 0 Å². The van der Waals surface area contributed by atoms with Crippen molar-refractivity contribution >= 4 is 17.3 Å². The first-order chi connectivity index (χ1) is 9.70. The summed E-state index contributed by atoms with van der Waals surface area (Å²) in [4.78, 5) is 6.72. The SMILES string of the molecule is CCN1C(=S)N[C@H](c2ccccn2)[C@@H]1c1ccn(C)c1. The van der Waals surface area contributed by atoms with Crippen LogP contribution in [0.5, 0.6) is 0 Å². The van der Waals surface area contributed by atoms with Gasteiger partial charge in [-0.2, -0.15) is 0 Å². The Kier molecular flexibility index (Phi) is 3.44.